The summed E-state index contributed by atoms with van der Waals surface area (Å²) in [4.78, 5) is 45.1. The standard InChI is InChI=1S/C40H63N3O7/c1-30-17-19-39(4,47)34(49-38(46)43-26-24-41(25-27-43)33-13-7-5-6-8-14-33)16-15-32(3)36(50-35(44)28-30)31(2)12-11-18-40(20-21-40)29-48-37(45)42-22-9-10-23-42/h11-12,15-16,18,30,32-34,36,47H,5-10,13-14,17,19-29H2,1-4H3/b16-15+,18-11+,31-12+/t30-,32+,34+,36-,39-/m1/s1. The second-order valence-electron chi connectivity index (χ2n) is 16.2. The molecule has 50 heavy (non-hydrogen) atoms. The van der Waals surface area contributed by atoms with Crippen molar-refractivity contribution in [3.05, 3.63) is 36.0 Å². The Bertz CT molecular complexity index is 1240. The maximum absolute atomic E-state index is 13.5. The summed E-state index contributed by atoms with van der Waals surface area (Å²) in [6, 6.07) is 0.614. The van der Waals surface area contributed by atoms with E-state index in [4.69, 9.17) is 14.2 Å². The van der Waals surface area contributed by atoms with Gasteiger partial charge in [0.25, 0.3) is 0 Å². The van der Waals surface area contributed by atoms with E-state index in [1.54, 1.807) is 22.8 Å². The Kier molecular flexibility index (Phi) is 13.5. The van der Waals surface area contributed by atoms with Crippen LogP contribution in [0, 0.1) is 17.3 Å². The van der Waals surface area contributed by atoms with Crippen LogP contribution in [-0.2, 0) is 19.0 Å². The van der Waals surface area contributed by atoms with Crippen molar-refractivity contribution in [3.63, 3.8) is 0 Å². The first-order valence-corrected chi connectivity index (χ1v) is 19.5. The average molecular weight is 698 g/mol. The maximum Gasteiger partial charge on any atom is 0.410 e. The van der Waals surface area contributed by atoms with Gasteiger partial charge in [-0.1, -0.05) is 63.8 Å². The third-order valence-electron chi connectivity index (χ3n) is 11.7. The summed E-state index contributed by atoms with van der Waals surface area (Å²) in [7, 11) is 0. The Morgan fingerprint density at radius 1 is 0.900 bits per heavy atom. The highest BCUT2D eigenvalue weighted by atomic mass is 16.6. The lowest BCUT2D eigenvalue weighted by molar-refractivity contribution is -0.150. The lowest BCUT2D eigenvalue weighted by Crippen LogP contribution is -2.53. The molecule has 0 unspecified atom stereocenters. The molecule has 3 aliphatic heterocycles. The first-order valence-electron chi connectivity index (χ1n) is 19.5. The number of hydrogen-bond donors (Lipinski definition) is 1. The molecule has 5 aliphatic rings. The molecular weight excluding hydrogens is 634 g/mol. The fraction of sp³-hybridized carbons (Fsp3) is 0.775. The van der Waals surface area contributed by atoms with Crippen LogP contribution in [0.15, 0.2) is 36.0 Å². The Labute approximate surface area is 300 Å². The zero-order valence-electron chi connectivity index (χ0n) is 31.2. The molecule has 5 atom stereocenters. The summed E-state index contributed by atoms with van der Waals surface area (Å²) in [5.74, 6) is -0.517. The van der Waals surface area contributed by atoms with Gasteiger partial charge in [-0.25, -0.2) is 9.59 Å². The minimum atomic E-state index is -1.30. The smallest absolute Gasteiger partial charge is 0.410 e. The largest absolute Gasteiger partial charge is 0.457 e. The Balaban J connectivity index is 1.22. The zero-order chi connectivity index (χ0) is 35.7. The van der Waals surface area contributed by atoms with E-state index < -0.39 is 23.9 Å². The second-order valence-corrected chi connectivity index (χ2v) is 16.2. The Morgan fingerprint density at radius 3 is 2.22 bits per heavy atom. The highest BCUT2D eigenvalue weighted by molar-refractivity contribution is 5.70. The summed E-state index contributed by atoms with van der Waals surface area (Å²) in [6.07, 6.45) is 20.7. The fourth-order valence-electron chi connectivity index (χ4n) is 7.91. The molecule has 1 N–H and O–H groups in total. The Hall–Kier alpha value is -2.85. The number of carbonyl (C=O) groups is 3. The van der Waals surface area contributed by atoms with Crippen LogP contribution in [0.4, 0.5) is 9.59 Å². The van der Waals surface area contributed by atoms with Gasteiger partial charge < -0.3 is 29.1 Å². The van der Waals surface area contributed by atoms with Crippen LogP contribution >= 0.6 is 0 Å². The first-order chi connectivity index (χ1) is 23.9. The summed E-state index contributed by atoms with van der Waals surface area (Å²) < 4.78 is 17.8. The third-order valence-corrected chi connectivity index (χ3v) is 11.7. The number of carbonyl (C=O) groups excluding carboxylic acids is 3. The number of aliphatic hydroxyl groups is 1. The highest BCUT2D eigenvalue weighted by Gasteiger charge is 2.42. The number of cyclic esters (lactones) is 1. The molecule has 0 aromatic heterocycles. The number of allylic oxidation sites excluding steroid dienone is 2. The van der Waals surface area contributed by atoms with Gasteiger partial charge in [0, 0.05) is 63.1 Å². The van der Waals surface area contributed by atoms with Crippen molar-refractivity contribution < 1.29 is 33.7 Å². The van der Waals surface area contributed by atoms with Crippen LogP contribution in [0.3, 0.4) is 0 Å². The quantitative estimate of drug-likeness (QED) is 0.0995. The van der Waals surface area contributed by atoms with Crippen LogP contribution in [0.25, 0.3) is 0 Å². The monoisotopic (exact) mass is 697 g/mol. The van der Waals surface area contributed by atoms with Gasteiger partial charge >= 0.3 is 18.2 Å². The molecule has 0 aromatic rings. The van der Waals surface area contributed by atoms with Crippen LogP contribution in [0.2, 0.25) is 0 Å². The summed E-state index contributed by atoms with van der Waals surface area (Å²) in [5.41, 5.74) is -0.556. The van der Waals surface area contributed by atoms with Gasteiger partial charge in [0.1, 0.15) is 18.3 Å². The molecule has 2 saturated carbocycles. The van der Waals surface area contributed by atoms with Gasteiger partial charge in [-0.05, 0) is 82.8 Å². The summed E-state index contributed by atoms with van der Waals surface area (Å²) in [5, 5.41) is 11.7. The molecule has 2 saturated heterocycles. The van der Waals surface area contributed by atoms with Crippen LogP contribution in [0.1, 0.15) is 111 Å². The number of rotatable bonds is 7. The number of esters is 1. The molecule has 0 radical (unpaired) electrons. The van der Waals surface area contributed by atoms with E-state index in [2.05, 4.69) is 11.0 Å². The highest BCUT2D eigenvalue weighted by Crippen LogP contribution is 2.47. The molecule has 2 amide bonds. The maximum atomic E-state index is 13.5. The van der Waals surface area contributed by atoms with Crippen LogP contribution in [0.5, 0.6) is 0 Å². The number of hydrogen-bond acceptors (Lipinski definition) is 8. The zero-order valence-corrected chi connectivity index (χ0v) is 31.2. The van der Waals surface area contributed by atoms with E-state index >= 15 is 0 Å². The number of ether oxygens (including phenoxy) is 3. The molecule has 280 valence electrons. The lowest BCUT2D eigenvalue weighted by Gasteiger charge is -2.40. The Morgan fingerprint density at radius 2 is 1.56 bits per heavy atom. The van der Waals surface area contributed by atoms with Gasteiger partial charge in [-0.2, -0.15) is 0 Å². The molecule has 10 nitrogen and oxygen atoms in total. The van der Waals surface area contributed by atoms with Gasteiger partial charge in [0.05, 0.1) is 0 Å². The second kappa shape index (κ2) is 17.6. The minimum absolute atomic E-state index is 0.0103. The van der Waals surface area contributed by atoms with Crippen molar-refractivity contribution in [2.24, 2.45) is 17.3 Å². The van der Waals surface area contributed by atoms with Crippen molar-refractivity contribution in [3.8, 4) is 0 Å². The SMILES string of the molecule is C/C(=C\C=C\C1(COC(=O)N2CCCC2)CC1)[C@H]1OC(=O)C[C@H](C)CC[C@@](C)(O)[C@@H](OC(=O)N2CCN(C3CCCCCC3)CC2)/C=C/[C@@H]1C. The third kappa shape index (κ3) is 10.8. The molecule has 0 spiro atoms. The van der Waals surface area contributed by atoms with E-state index in [0.29, 0.717) is 38.6 Å². The average Bonchev–Trinajstić information content (AvgIpc) is 3.75. The summed E-state index contributed by atoms with van der Waals surface area (Å²) in [6.45, 7) is 12.5. The van der Waals surface area contributed by atoms with Crippen molar-refractivity contribution in [1.82, 2.24) is 14.7 Å². The first kappa shape index (κ1) is 38.4. The van der Waals surface area contributed by atoms with Crippen molar-refractivity contribution in [2.45, 2.75) is 135 Å². The predicted octanol–water partition coefficient (Wildman–Crippen LogP) is 7.02. The molecule has 5 rings (SSSR count). The van der Waals surface area contributed by atoms with E-state index in [1.807, 2.05) is 39.0 Å². The van der Waals surface area contributed by atoms with Crippen molar-refractivity contribution in [2.75, 3.05) is 45.9 Å². The summed E-state index contributed by atoms with van der Waals surface area (Å²) >= 11 is 0. The molecule has 4 fully saturated rings. The molecular formula is C40H63N3O7. The van der Waals surface area contributed by atoms with Gasteiger partial charge in [0.2, 0.25) is 0 Å². The van der Waals surface area contributed by atoms with E-state index in [9.17, 15) is 19.5 Å². The molecule has 2 aliphatic carbocycles. The number of amides is 2. The van der Waals surface area contributed by atoms with E-state index in [-0.39, 0.29) is 35.7 Å². The topological polar surface area (TPSA) is 109 Å². The van der Waals surface area contributed by atoms with Gasteiger partial charge in [0.15, 0.2) is 6.10 Å². The van der Waals surface area contributed by atoms with Crippen LogP contribution in [-0.4, -0.2) is 108 Å². The molecule has 10 heteroatoms. The normalized spacial score (nSPS) is 32.8. The van der Waals surface area contributed by atoms with Gasteiger partial charge in [-0.3, -0.25) is 9.69 Å². The molecule has 0 bridgehead atoms. The predicted molar refractivity (Wildman–Crippen MR) is 193 cm³/mol. The lowest BCUT2D eigenvalue weighted by atomic mass is 9.87. The van der Waals surface area contributed by atoms with Gasteiger partial charge in [-0.15, -0.1) is 0 Å². The number of likely N-dealkylation sites (tertiary alicyclic amines) is 1. The van der Waals surface area contributed by atoms with Crippen molar-refractivity contribution >= 4 is 18.2 Å². The van der Waals surface area contributed by atoms with E-state index in [0.717, 1.165) is 57.4 Å². The number of piperazine rings is 1. The van der Waals surface area contributed by atoms with Crippen molar-refractivity contribution in [1.29, 1.82) is 0 Å². The van der Waals surface area contributed by atoms with E-state index in [1.165, 1.54) is 38.5 Å². The molecule has 0 aromatic carbocycles. The minimum Gasteiger partial charge on any atom is -0.457 e. The fourth-order valence-corrected chi connectivity index (χ4v) is 7.91. The number of nitrogens with zero attached hydrogens (tertiary/aromatic N) is 3. The molecule has 3 heterocycles. The van der Waals surface area contributed by atoms with Crippen LogP contribution < -0.4 is 0 Å².